The molecule has 0 aliphatic carbocycles. The largest absolute Gasteiger partial charge is 0.497 e. The predicted molar refractivity (Wildman–Crippen MR) is 129 cm³/mol. The van der Waals surface area contributed by atoms with Gasteiger partial charge in [0.2, 0.25) is 5.91 Å². The van der Waals surface area contributed by atoms with Gasteiger partial charge in [-0.25, -0.2) is 4.98 Å². The first-order valence-corrected chi connectivity index (χ1v) is 12.0. The van der Waals surface area contributed by atoms with Crippen molar-refractivity contribution in [2.24, 2.45) is 0 Å². The molecule has 34 heavy (non-hydrogen) atoms. The minimum absolute atomic E-state index is 0.113. The molecule has 0 spiro atoms. The topological polar surface area (TPSA) is 140 Å². The molecule has 0 bridgehead atoms. The number of likely N-dealkylation sites (tertiary alicyclic amines) is 1. The fourth-order valence-electron chi connectivity index (χ4n) is 3.96. The number of aromatic hydroxyl groups is 1. The third-order valence-corrected chi connectivity index (χ3v) is 7.22. The maximum atomic E-state index is 12.8. The van der Waals surface area contributed by atoms with E-state index in [1.807, 2.05) is 29.6 Å². The quantitative estimate of drug-likeness (QED) is 0.337. The summed E-state index contributed by atoms with van der Waals surface area (Å²) in [4.78, 5) is 39.7. The monoisotopic (exact) mass is 546 g/mol. The van der Waals surface area contributed by atoms with Gasteiger partial charge in [0, 0.05) is 46.6 Å². The van der Waals surface area contributed by atoms with Gasteiger partial charge in [0.1, 0.15) is 0 Å². The van der Waals surface area contributed by atoms with Crippen molar-refractivity contribution in [3.05, 3.63) is 77.1 Å². The molecule has 1 amide bonds. The number of hydrogen-bond acceptors (Lipinski definition) is 8. The summed E-state index contributed by atoms with van der Waals surface area (Å²) in [5.74, 6) is -1.06. The second kappa shape index (κ2) is 9.85. The van der Waals surface area contributed by atoms with Gasteiger partial charge in [-0.15, -0.1) is 11.3 Å². The number of phenolic OH excluding ortho intramolecular Hbond substituents is 1. The van der Waals surface area contributed by atoms with Crippen molar-refractivity contribution in [1.82, 2.24) is 9.88 Å². The average molecular weight is 547 g/mol. The van der Waals surface area contributed by atoms with Crippen LogP contribution in [0.1, 0.15) is 29.3 Å². The number of aromatic nitrogens is 1. The van der Waals surface area contributed by atoms with E-state index in [0.717, 1.165) is 45.7 Å². The lowest BCUT2D eigenvalue weighted by Crippen LogP contribution is -2.38. The maximum Gasteiger partial charge on any atom is 0.318 e. The lowest BCUT2D eigenvalue weighted by Gasteiger charge is -2.31. The number of phenols is 1. The van der Waals surface area contributed by atoms with Crippen LogP contribution in [-0.2, 0) is 11.2 Å². The molecule has 176 valence electrons. The molecular weight excluding hydrogens is 528 g/mol. The number of hydrogen-bond donors (Lipinski definition) is 1. The Morgan fingerprint density at radius 1 is 1.15 bits per heavy atom. The number of nitro groups is 2. The number of benzene rings is 2. The Kier molecular flexibility index (Phi) is 6.89. The van der Waals surface area contributed by atoms with E-state index in [9.17, 15) is 30.1 Å². The molecule has 0 atom stereocenters. The highest BCUT2D eigenvalue weighted by molar-refractivity contribution is 9.10. The van der Waals surface area contributed by atoms with Crippen molar-refractivity contribution in [2.75, 3.05) is 13.1 Å². The molecule has 4 rings (SSSR count). The van der Waals surface area contributed by atoms with E-state index in [-0.39, 0.29) is 23.8 Å². The second-order valence-corrected chi connectivity index (χ2v) is 9.72. The number of piperidine rings is 1. The standard InChI is InChI=1S/C22H19BrN4O6S/c23-16-3-1-2-15(11-16)17-12-34-22(24-17)14-4-6-25(7-5-14)20(28)10-13-8-18(26(30)31)21(29)19(9-13)27(32)33/h1-3,8-9,11-12,14,29H,4-7,10H2. The molecule has 0 unspecified atom stereocenters. The summed E-state index contributed by atoms with van der Waals surface area (Å²) in [6.45, 7) is 0.995. The molecule has 10 nitrogen and oxygen atoms in total. The van der Waals surface area contributed by atoms with E-state index >= 15 is 0 Å². The van der Waals surface area contributed by atoms with Gasteiger partial charge in [-0.3, -0.25) is 25.0 Å². The minimum atomic E-state index is -1.02. The van der Waals surface area contributed by atoms with Crippen LogP contribution in [0.3, 0.4) is 0 Å². The van der Waals surface area contributed by atoms with Crippen LogP contribution in [-0.4, -0.2) is 43.8 Å². The highest BCUT2D eigenvalue weighted by Gasteiger charge is 2.29. The number of nitrogens with zero attached hydrogens (tertiary/aromatic N) is 4. The van der Waals surface area contributed by atoms with Gasteiger partial charge in [0.25, 0.3) is 5.75 Å². The van der Waals surface area contributed by atoms with Crippen molar-refractivity contribution >= 4 is 44.5 Å². The molecule has 2 aromatic carbocycles. The van der Waals surface area contributed by atoms with Crippen molar-refractivity contribution in [3.8, 4) is 17.0 Å². The summed E-state index contributed by atoms with van der Waals surface area (Å²) < 4.78 is 0.982. The Morgan fingerprint density at radius 2 is 1.79 bits per heavy atom. The Balaban J connectivity index is 1.41. The van der Waals surface area contributed by atoms with Crippen molar-refractivity contribution < 1.29 is 19.7 Å². The molecule has 1 fully saturated rings. The molecule has 0 saturated carbocycles. The molecule has 12 heteroatoms. The second-order valence-electron chi connectivity index (χ2n) is 7.91. The number of rotatable bonds is 6. The van der Waals surface area contributed by atoms with Crippen LogP contribution in [0.2, 0.25) is 0 Å². The summed E-state index contributed by atoms with van der Waals surface area (Å²) in [6.07, 6.45) is 1.23. The molecule has 0 radical (unpaired) electrons. The normalized spacial score (nSPS) is 14.2. The van der Waals surface area contributed by atoms with Crippen LogP contribution in [0.4, 0.5) is 11.4 Å². The lowest BCUT2D eigenvalue weighted by molar-refractivity contribution is -0.396. The van der Waals surface area contributed by atoms with Gasteiger partial charge in [-0.1, -0.05) is 28.1 Å². The molecule has 1 aromatic heterocycles. The smallest absolute Gasteiger partial charge is 0.318 e. The van der Waals surface area contributed by atoms with Crippen molar-refractivity contribution in [1.29, 1.82) is 0 Å². The third kappa shape index (κ3) is 5.07. The fraction of sp³-hybridized carbons (Fsp3) is 0.273. The minimum Gasteiger partial charge on any atom is -0.497 e. The van der Waals surface area contributed by atoms with Crippen LogP contribution in [0.15, 0.2) is 46.3 Å². The number of carbonyl (C=O) groups excluding carboxylic acids is 1. The van der Waals surface area contributed by atoms with E-state index in [2.05, 4.69) is 15.9 Å². The summed E-state index contributed by atoms with van der Waals surface area (Å²) in [5.41, 5.74) is 0.472. The maximum absolute atomic E-state index is 12.8. The van der Waals surface area contributed by atoms with Crippen molar-refractivity contribution in [2.45, 2.75) is 25.2 Å². The van der Waals surface area contributed by atoms with E-state index in [1.165, 1.54) is 0 Å². The summed E-state index contributed by atoms with van der Waals surface area (Å²) in [5, 5.41) is 35.1. The van der Waals surface area contributed by atoms with Crippen LogP contribution >= 0.6 is 27.3 Å². The first-order chi connectivity index (χ1) is 16.2. The zero-order chi connectivity index (χ0) is 24.4. The SMILES string of the molecule is O=C(Cc1cc([N+](=O)[O-])c(O)c([N+](=O)[O-])c1)N1CCC(c2nc(-c3cccc(Br)c3)cs2)CC1. The molecule has 3 aromatic rings. The van der Waals surface area contributed by atoms with Crippen molar-refractivity contribution in [3.63, 3.8) is 0 Å². The number of halogens is 1. The van der Waals surface area contributed by atoms with Crippen LogP contribution in [0.25, 0.3) is 11.3 Å². The first-order valence-electron chi connectivity index (χ1n) is 10.4. The summed E-state index contributed by atoms with van der Waals surface area (Å²) >= 11 is 5.07. The third-order valence-electron chi connectivity index (χ3n) is 5.72. The predicted octanol–water partition coefficient (Wildman–Crippen LogP) is 5.04. The number of amides is 1. The van der Waals surface area contributed by atoms with Gasteiger partial charge in [-0.2, -0.15) is 0 Å². The molecule has 1 N–H and O–H groups in total. The van der Waals surface area contributed by atoms with E-state index in [1.54, 1.807) is 16.2 Å². The van der Waals surface area contributed by atoms with Crippen LogP contribution < -0.4 is 0 Å². The first kappa shape index (κ1) is 23.8. The van der Waals surface area contributed by atoms with E-state index in [4.69, 9.17) is 4.98 Å². The molecule has 1 aliphatic heterocycles. The van der Waals surface area contributed by atoms with Gasteiger partial charge >= 0.3 is 11.4 Å². The molecule has 2 heterocycles. The Labute approximate surface area is 206 Å². The molecule has 1 aliphatic rings. The highest BCUT2D eigenvalue weighted by atomic mass is 79.9. The van der Waals surface area contributed by atoms with Crippen LogP contribution in [0, 0.1) is 20.2 Å². The Bertz CT molecular complexity index is 1240. The van der Waals surface area contributed by atoms with Gasteiger partial charge < -0.3 is 10.0 Å². The van der Waals surface area contributed by atoms with Crippen LogP contribution in [0.5, 0.6) is 5.75 Å². The zero-order valence-electron chi connectivity index (χ0n) is 17.7. The summed E-state index contributed by atoms with van der Waals surface area (Å²) in [6, 6.07) is 9.94. The van der Waals surface area contributed by atoms with Gasteiger partial charge in [0.05, 0.1) is 27.0 Å². The fourth-order valence-corrected chi connectivity index (χ4v) is 5.36. The molecular formula is C22H19BrN4O6S. The lowest BCUT2D eigenvalue weighted by atomic mass is 9.97. The zero-order valence-corrected chi connectivity index (χ0v) is 20.1. The Morgan fingerprint density at radius 3 is 2.38 bits per heavy atom. The highest BCUT2D eigenvalue weighted by Crippen LogP contribution is 2.37. The van der Waals surface area contributed by atoms with E-state index < -0.39 is 27.0 Å². The summed E-state index contributed by atoms with van der Waals surface area (Å²) in [7, 11) is 0. The Hall–Kier alpha value is -3.38. The van der Waals surface area contributed by atoms with Gasteiger partial charge in [0.15, 0.2) is 0 Å². The van der Waals surface area contributed by atoms with E-state index in [0.29, 0.717) is 13.1 Å². The van der Waals surface area contributed by atoms with Gasteiger partial charge in [-0.05, 0) is 30.5 Å². The average Bonchev–Trinajstić information content (AvgIpc) is 3.30. The number of carbonyl (C=O) groups is 1. The number of thiazole rings is 1. The molecule has 1 saturated heterocycles. The number of nitro benzene ring substituents is 2.